The van der Waals surface area contributed by atoms with Gasteiger partial charge in [0.1, 0.15) is 5.82 Å². The smallest absolute Gasteiger partial charge is 0.244 e. The van der Waals surface area contributed by atoms with Gasteiger partial charge < -0.3 is 14.6 Å². The van der Waals surface area contributed by atoms with Gasteiger partial charge in [-0.05, 0) is 44.4 Å². The highest BCUT2D eigenvalue weighted by Gasteiger charge is 2.37. The zero-order valence-electron chi connectivity index (χ0n) is 14.6. The highest BCUT2D eigenvalue weighted by atomic mass is 16.5. The van der Waals surface area contributed by atoms with Gasteiger partial charge in [-0.15, -0.1) is 0 Å². The lowest BCUT2D eigenvalue weighted by atomic mass is 9.91. The van der Waals surface area contributed by atoms with Gasteiger partial charge in [0, 0.05) is 31.5 Å². The number of likely N-dealkylation sites (tertiary alicyclic amines) is 1. The molecule has 2 aromatic heterocycles. The fourth-order valence-corrected chi connectivity index (χ4v) is 3.61. The lowest BCUT2D eigenvalue weighted by Crippen LogP contribution is -2.39. The van der Waals surface area contributed by atoms with E-state index >= 15 is 0 Å². The van der Waals surface area contributed by atoms with Crippen molar-refractivity contribution in [1.29, 1.82) is 0 Å². The van der Waals surface area contributed by atoms with E-state index < -0.39 is 0 Å². The molecule has 1 aliphatic heterocycles. The summed E-state index contributed by atoms with van der Waals surface area (Å²) in [6.45, 7) is 2.53. The fourth-order valence-electron chi connectivity index (χ4n) is 3.61. The van der Waals surface area contributed by atoms with Crippen LogP contribution in [-0.2, 0) is 4.74 Å². The van der Waals surface area contributed by atoms with E-state index in [0.29, 0.717) is 18.5 Å². The van der Waals surface area contributed by atoms with Crippen LogP contribution in [0.3, 0.4) is 0 Å². The quantitative estimate of drug-likeness (QED) is 0.775. The van der Waals surface area contributed by atoms with Crippen molar-refractivity contribution < 1.29 is 9.26 Å². The van der Waals surface area contributed by atoms with Crippen molar-refractivity contribution in [1.82, 2.24) is 20.0 Å². The molecule has 0 radical (unpaired) electrons. The van der Waals surface area contributed by atoms with Gasteiger partial charge in [-0.1, -0.05) is 11.6 Å². The Hall–Kier alpha value is -1.99. The summed E-state index contributed by atoms with van der Waals surface area (Å²) in [5.74, 6) is 2.18. The molecule has 2 fully saturated rings. The number of aromatic nitrogens is 3. The number of anilines is 1. The van der Waals surface area contributed by atoms with Crippen molar-refractivity contribution in [2.45, 2.75) is 44.2 Å². The third-order valence-corrected chi connectivity index (χ3v) is 5.20. The van der Waals surface area contributed by atoms with Crippen molar-refractivity contribution in [2.75, 3.05) is 32.1 Å². The van der Waals surface area contributed by atoms with Crippen molar-refractivity contribution in [3.05, 3.63) is 24.2 Å². The number of nitrogens with one attached hydrogen (secondary N) is 1. The van der Waals surface area contributed by atoms with Gasteiger partial charge in [0.15, 0.2) is 0 Å². The minimum absolute atomic E-state index is 0.287. The molecule has 2 aromatic rings. The van der Waals surface area contributed by atoms with Gasteiger partial charge in [0.2, 0.25) is 11.7 Å². The predicted octanol–water partition coefficient (Wildman–Crippen LogP) is 2.88. The van der Waals surface area contributed by atoms with E-state index in [0.717, 1.165) is 36.8 Å². The van der Waals surface area contributed by atoms with Crippen LogP contribution in [0.25, 0.3) is 11.4 Å². The number of hydrogen-bond acceptors (Lipinski definition) is 7. The Bertz CT molecular complexity index is 683. The molecule has 7 heteroatoms. The maximum Gasteiger partial charge on any atom is 0.244 e. The van der Waals surface area contributed by atoms with Crippen LogP contribution in [0.15, 0.2) is 22.9 Å². The van der Waals surface area contributed by atoms with Crippen LogP contribution in [-0.4, -0.2) is 52.9 Å². The van der Waals surface area contributed by atoms with Crippen LogP contribution >= 0.6 is 0 Å². The molecule has 1 saturated heterocycles. The predicted molar refractivity (Wildman–Crippen MR) is 94.2 cm³/mol. The average Bonchev–Trinajstić information content (AvgIpc) is 3.23. The summed E-state index contributed by atoms with van der Waals surface area (Å²) in [7, 11) is 1.68. The van der Waals surface area contributed by atoms with E-state index in [2.05, 4.69) is 25.3 Å². The van der Waals surface area contributed by atoms with Crippen LogP contribution in [0, 0.1) is 0 Å². The second-order valence-electron chi connectivity index (χ2n) is 6.79. The van der Waals surface area contributed by atoms with E-state index in [1.165, 1.54) is 25.7 Å². The molecule has 4 rings (SSSR count). The van der Waals surface area contributed by atoms with E-state index in [1.807, 2.05) is 12.1 Å². The van der Waals surface area contributed by atoms with Gasteiger partial charge in [0.25, 0.3) is 0 Å². The van der Waals surface area contributed by atoms with Crippen molar-refractivity contribution in [2.24, 2.45) is 0 Å². The fraction of sp³-hybridized carbons (Fsp3) is 0.611. The minimum atomic E-state index is 0.287. The van der Waals surface area contributed by atoms with Gasteiger partial charge >= 0.3 is 0 Å². The molecule has 0 unspecified atom stereocenters. The zero-order chi connectivity index (χ0) is 17.1. The summed E-state index contributed by atoms with van der Waals surface area (Å²) in [5, 5.41) is 7.38. The standard InChI is InChI=1S/C18H25N5O2/c1-24-11-9-19-16-8-7-13(12-20-16)17-21-18(25-22-17)15-6-3-10-23(15)14-4-2-5-14/h7-8,12,14-15H,2-6,9-11H2,1H3,(H,19,20)/t15-/m1/s1. The third kappa shape index (κ3) is 3.52. The first-order valence-electron chi connectivity index (χ1n) is 9.14. The topological polar surface area (TPSA) is 76.3 Å². The van der Waals surface area contributed by atoms with Crippen LogP contribution in [0.2, 0.25) is 0 Å². The molecule has 0 spiro atoms. The Morgan fingerprint density at radius 1 is 1.28 bits per heavy atom. The molecular formula is C18H25N5O2. The molecule has 1 saturated carbocycles. The number of ether oxygens (including phenoxy) is 1. The van der Waals surface area contributed by atoms with E-state index in [9.17, 15) is 0 Å². The summed E-state index contributed by atoms with van der Waals surface area (Å²) in [4.78, 5) is 11.6. The summed E-state index contributed by atoms with van der Waals surface area (Å²) in [5.41, 5.74) is 0.875. The van der Waals surface area contributed by atoms with Crippen molar-refractivity contribution in [3.63, 3.8) is 0 Å². The average molecular weight is 343 g/mol. The molecule has 3 heterocycles. The molecule has 0 bridgehead atoms. The minimum Gasteiger partial charge on any atom is -0.383 e. The second kappa shape index (κ2) is 7.49. The first-order chi connectivity index (χ1) is 12.3. The highest BCUT2D eigenvalue weighted by molar-refractivity contribution is 5.55. The van der Waals surface area contributed by atoms with Gasteiger partial charge in [-0.2, -0.15) is 4.98 Å². The molecule has 1 atom stereocenters. The molecule has 7 nitrogen and oxygen atoms in total. The van der Waals surface area contributed by atoms with Gasteiger partial charge in [0.05, 0.1) is 12.6 Å². The second-order valence-corrected chi connectivity index (χ2v) is 6.79. The Kier molecular flexibility index (Phi) is 4.94. The molecule has 0 amide bonds. The molecule has 25 heavy (non-hydrogen) atoms. The first-order valence-corrected chi connectivity index (χ1v) is 9.14. The number of rotatable bonds is 7. The summed E-state index contributed by atoms with van der Waals surface area (Å²) in [6, 6.07) is 4.89. The lowest BCUT2D eigenvalue weighted by molar-refractivity contribution is 0.0966. The Morgan fingerprint density at radius 2 is 2.20 bits per heavy atom. The Balaban J connectivity index is 1.43. The number of methoxy groups -OCH3 is 1. The largest absolute Gasteiger partial charge is 0.383 e. The van der Waals surface area contributed by atoms with E-state index in [4.69, 9.17) is 9.26 Å². The van der Waals surface area contributed by atoms with Crippen LogP contribution in [0.1, 0.15) is 44.0 Å². The molecule has 2 aliphatic rings. The monoisotopic (exact) mass is 343 g/mol. The molecule has 1 aliphatic carbocycles. The normalized spacial score (nSPS) is 21.4. The van der Waals surface area contributed by atoms with E-state index in [-0.39, 0.29) is 6.04 Å². The third-order valence-electron chi connectivity index (χ3n) is 5.20. The molecule has 0 aromatic carbocycles. The van der Waals surface area contributed by atoms with Gasteiger partial charge in [-0.3, -0.25) is 4.90 Å². The summed E-state index contributed by atoms with van der Waals surface area (Å²) >= 11 is 0. The number of nitrogens with zero attached hydrogens (tertiary/aromatic N) is 4. The summed E-state index contributed by atoms with van der Waals surface area (Å²) in [6.07, 6.45) is 8.06. The maximum atomic E-state index is 5.60. The first kappa shape index (κ1) is 16.5. The van der Waals surface area contributed by atoms with Crippen molar-refractivity contribution in [3.8, 4) is 11.4 Å². The SMILES string of the molecule is COCCNc1ccc(-c2noc([C@H]3CCCN3C3CCC3)n2)cn1. The maximum absolute atomic E-state index is 5.60. The molecule has 1 N–H and O–H groups in total. The Morgan fingerprint density at radius 3 is 2.92 bits per heavy atom. The van der Waals surface area contributed by atoms with Crippen LogP contribution in [0.4, 0.5) is 5.82 Å². The van der Waals surface area contributed by atoms with E-state index in [1.54, 1.807) is 13.3 Å². The summed E-state index contributed by atoms with van der Waals surface area (Å²) < 4.78 is 10.6. The molecular weight excluding hydrogens is 318 g/mol. The zero-order valence-corrected chi connectivity index (χ0v) is 14.6. The molecule has 134 valence electrons. The lowest BCUT2D eigenvalue weighted by Gasteiger charge is -2.37. The number of pyridine rings is 1. The number of hydrogen-bond donors (Lipinski definition) is 1. The van der Waals surface area contributed by atoms with Gasteiger partial charge in [-0.25, -0.2) is 4.98 Å². The van der Waals surface area contributed by atoms with Crippen LogP contribution in [0.5, 0.6) is 0 Å². The van der Waals surface area contributed by atoms with Crippen molar-refractivity contribution >= 4 is 5.82 Å². The Labute approximate surface area is 147 Å². The van der Waals surface area contributed by atoms with Crippen LogP contribution < -0.4 is 5.32 Å². The highest BCUT2D eigenvalue weighted by Crippen LogP contribution is 2.38.